The highest BCUT2D eigenvalue weighted by molar-refractivity contribution is 5.53. The van der Waals surface area contributed by atoms with Crippen LogP contribution in [-0.2, 0) is 6.42 Å². The Bertz CT molecular complexity index is 420. The van der Waals surface area contributed by atoms with Crippen LogP contribution in [0.2, 0.25) is 0 Å². The lowest BCUT2D eigenvalue weighted by Gasteiger charge is -2.07. The minimum atomic E-state index is 1.01. The Hall–Kier alpha value is -1.76. The highest BCUT2D eigenvalue weighted by atomic mass is 14.9. The first-order chi connectivity index (χ1) is 7.40. The Balaban J connectivity index is 2.24. The molecule has 0 saturated carbocycles. The average Bonchev–Trinajstić information content (AvgIpc) is 2.31. The van der Waals surface area contributed by atoms with Crippen molar-refractivity contribution in [2.24, 2.45) is 0 Å². The maximum absolute atomic E-state index is 4.61. The fourth-order valence-electron chi connectivity index (χ4n) is 1.56. The van der Waals surface area contributed by atoms with Crippen molar-refractivity contribution in [1.29, 1.82) is 0 Å². The summed E-state index contributed by atoms with van der Waals surface area (Å²) in [7, 11) is 0. The van der Waals surface area contributed by atoms with Crippen molar-refractivity contribution in [1.82, 2.24) is 5.32 Å². The van der Waals surface area contributed by atoms with Crippen LogP contribution in [-0.4, -0.2) is 0 Å². The van der Waals surface area contributed by atoms with Crippen molar-refractivity contribution in [3.63, 3.8) is 0 Å². The molecule has 0 aliphatic rings. The lowest BCUT2D eigenvalue weighted by molar-refractivity contribution is 1.08. The van der Waals surface area contributed by atoms with Crippen LogP contribution in [0, 0.1) is 0 Å². The summed E-state index contributed by atoms with van der Waals surface area (Å²) in [5.41, 5.74) is 3.38. The summed E-state index contributed by atoms with van der Waals surface area (Å²) in [4.78, 5) is 0. The molecule has 0 saturated heterocycles. The minimum absolute atomic E-state index is 1.01. The lowest BCUT2D eigenvalue weighted by Crippen LogP contribution is -1.93. The summed E-state index contributed by atoms with van der Waals surface area (Å²) < 4.78 is 0. The summed E-state index contributed by atoms with van der Waals surface area (Å²) in [6.07, 6.45) is 1.02. The zero-order valence-electron chi connectivity index (χ0n) is 8.85. The fraction of sp³-hybridized carbons (Fsp3) is 0.143. The molecule has 0 bridgehead atoms. The van der Waals surface area contributed by atoms with Gasteiger partial charge >= 0.3 is 0 Å². The van der Waals surface area contributed by atoms with Gasteiger partial charge in [0.1, 0.15) is 0 Å². The molecule has 1 heteroatoms. The molecule has 0 atom stereocenters. The molecule has 0 heterocycles. The summed E-state index contributed by atoms with van der Waals surface area (Å²) in [6, 6.07) is 18.3. The predicted octanol–water partition coefficient (Wildman–Crippen LogP) is 3.82. The van der Waals surface area contributed by atoms with Crippen LogP contribution in [0.15, 0.2) is 54.6 Å². The first-order valence-corrected chi connectivity index (χ1v) is 5.25. The van der Waals surface area contributed by atoms with Crippen LogP contribution in [0.25, 0.3) is 0 Å². The number of rotatable bonds is 3. The van der Waals surface area contributed by atoms with Crippen molar-refractivity contribution in [2.75, 3.05) is 0 Å². The van der Waals surface area contributed by atoms with E-state index in [0.29, 0.717) is 0 Å². The molecule has 2 aromatic rings. The van der Waals surface area contributed by atoms with Crippen LogP contribution < -0.4 is 5.32 Å². The quantitative estimate of drug-likeness (QED) is 0.708. The Labute approximate surface area is 90.8 Å². The van der Waals surface area contributed by atoms with E-state index in [1.54, 1.807) is 0 Å². The third-order valence-electron chi connectivity index (χ3n) is 2.38. The molecular formula is C14H14N. The SMILES string of the molecule is CCc1ccccc1[N]c1ccccc1. The van der Waals surface area contributed by atoms with Crippen LogP contribution in [0.1, 0.15) is 12.5 Å². The second-order valence-electron chi connectivity index (χ2n) is 3.43. The second-order valence-corrected chi connectivity index (χ2v) is 3.43. The number of nitrogens with zero attached hydrogens (tertiary/aromatic N) is 1. The molecule has 2 aromatic carbocycles. The van der Waals surface area contributed by atoms with E-state index in [1.807, 2.05) is 36.4 Å². The summed E-state index contributed by atoms with van der Waals surface area (Å²) in [6.45, 7) is 2.15. The van der Waals surface area contributed by atoms with E-state index in [0.717, 1.165) is 17.8 Å². The first-order valence-electron chi connectivity index (χ1n) is 5.25. The van der Waals surface area contributed by atoms with Crippen molar-refractivity contribution in [3.8, 4) is 0 Å². The van der Waals surface area contributed by atoms with Gasteiger partial charge < -0.3 is 0 Å². The molecule has 0 unspecified atom stereocenters. The third-order valence-corrected chi connectivity index (χ3v) is 2.38. The van der Waals surface area contributed by atoms with Gasteiger partial charge in [-0.1, -0.05) is 43.3 Å². The predicted molar refractivity (Wildman–Crippen MR) is 63.7 cm³/mol. The minimum Gasteiger partial charge on any atom is -0.249 e. The monoisotopic (exact) mass is 196 g/mol. The van der Waals surface area contributed by atoms with E-state index in [4.69, 9.17) is 0 Å². The van der Waals surface area contributed by atoms with Gasteiger partial charge in [-0.2, -0.15) is 0 Å². The van der Waals surface area contributed by atoms with Crippen LogP contribution in [0.3, 0.4) is 0 Å². The molecule has 15 heavy (non-hydrogen) atoms. The normalized spacial score (nSPS) is 9.93. The molecule has 2 rings (SSSR count). The standard InChI is InChI=1S/C14H14N/c1-2-12-8-6-7-11-14(12)15-13-9-4-3-5-10-13/h3-11H,2H2,1H3. The van der Waals surface area contributed by atoms with Gasteiger partial charge in [-0.05, 0) is 30.2 Å². The van der Waals surface area contributed by atoms with Crippen LogP contribution >= 0.6 is 0 Å². The van der Waals surface area contributed by atoms with Gasteiger partial charge in [-0.15, -0.1) is 0 Å². The zero-order chi connectivity index (χ0) is 10.5. The maximum Gasteiger partial charge on any atom is 0.0668 e. The number of hydrogen-bond donors (Lipinski definition) is 0. The van der Waals surface area contributed by atoms with Crippen molar-refractivity contribution in [2.45, 2.75) is 13.3 Å². The lowest BCUT2D eigenvalue weighted by atomic mass is 10.1. The van der Waals surface area contributed by atoms with Gasteiger partial charge in [0.25, 0.3) is 0 Å². The summed E-state index contributed by atoms with van der Waals surface area (Å²) in [5, 5.41) is 4.61. The topological polar surface area (TPSA) is 14.1 Å². The molecule has 0 aliphatic heterocycles. The third kappa shape index (κ3) is 2.38. The first kappa shape index (κ1) is 9.78. The molecule has 1 radical (unpaired) electrons. The number of hydrogen-bond acceptors (Lipinski definition) is 0. The molecule has 0 N–H and O–H groups in total. The van der Waals surface area contributed by atoms with Gasteiger partial charge in [-0.3, -0.25) is 0 Å². The Kier molecular flexibility index (Phi) is 3.03. The average molecular weight is 196 g/mol. The van der Waals surface area contributed by atoms with E-state index in [9.17, 15) is 0 Å². The second kappa shape index (κ2) is 4.65. The molecule has 0 fully saturated rings. The molecular weight excluding hydrogens is 182 g/mol. The van der Waals surface area contributed by atoms with E-state index in [-0.39, 0.29) is 0 Å². The Morgan fingerprint density at radius 3 is 2.27 bits per heavy atom. The highest BCUT2D eigenvalue weighted by Gasteiger charge is 2.00. The molecule has 0 aromatic heterocycles. The summed E-state index contributed by atoms with van der Waals surface area (Å²) >= 11 is 0. The van der Waals surface area contributed by atoms with Gasteiger partial charge in [0.15, 0.2) is 0 Å². The molecule has 0 spiro atoms. The van der Waals surface area contributed by atoms with E-state index >= 15 is 0 Å². The van der Waals surface area contributed by atoms with Gasteiger partial charge in [0.05, 0.1) is 11.4 Å². The molecule has 0 amide bonds. The molecule has 0 aliphatic carbocycles. The van der Waals surface area contributed by atoms with Gasteiger partial charge in [0, 0.05) is 0 Å². The van der Waals surface area contributed by atoms with Crippen molar-refractivity contribution >= 4 is 11.4 Å². The van der Waals surface area contributed by atoms with E-state index < -0.39 is 0 Å². The molecule has 1 nitrogen and oxygen atoms in total. The Morgan fingerprint density at radius 1 is 0.867 bits per heavy atom. The smallest absolute Gasteiger partial charge is 0.0668 e. The van der Waals surface area contributed by atoms with Crippen molar-refractivity contribution < 1.29 is 0 Å². The highest BCUT2D eigenvalue weighted by Crippen LogP contribution is 2.20. The van der Waals surface area contributed by atoms with Crippen molar-refractivity contribution in [3.05, 3.63) is 60.2 Å². The van der Waals surface area contributed by atoms with E-state index in [1.165, 1.54) is 5.56 Å². The Morgan fingerprint density at radius 2 is 1.53 bits per heavy atom. The fourth-order valence-corrected chi connectivity index (χ4v) is 1.56. The maximum atomic E-state index is 4.61. The van der Waals surface area contributed by atoms with Gasteiger partial charge in [0.2, 0.25) is 0 Å². The van der Waals surface area contributed by atoms with Crippen LogP contribution in [0.4, 0.5) is 11.4 Å². The number of para-hydroxylation sites is 2. The molecule has 75 valence electrons. The number of benzene rings is 2. The number of aryl methyl sites for hydroxylation is 1. The van der Waals surface area contributed by atoms with E-state index in [2.05, 4.69) is 30.4 Å². The zero-order valence-corrected chi connectivity index (χ0v) is 8.85. The van der Waals surface area contributed by atoms with Gasteiger partial charge in [-0.25, -0.2) is 5.32 Å². The summed E-state index contributed by atoms with van der Waals surface area (Å²) in [5.74, 6) is 0. The largest absolute Gasteiger partial charge is 0.249 e. The van der Waals surface area contributed by atoms with Crippen LogP contribution in [0.5, 0.6) is 0 Å².